The highest BCUT2D eigenvalue weighted by atomic mass is 31.2. The molecule has 1 amide bonds. The quantitative estimate of drug-likeness (QED) is 0.194. The van der Waals surface area contributed by atoms with Gasteiger partial charge < -0.3 is 9.79 Å². The van der Waals surface area contributed by atoms with Gasteiger partial charge >= 0.3 is 7.60 Å². The fourth-order valence-corrected chi connectivity index (χ4v) is 4.90. The minimum Gasteiger partial charge on any atom is -0.323 e. The zero-order chi connectivity index (χ0) is 22.7. The van der Waals surface area contributed by atoms with Crippen LogP contribution in [-0.2, 0) is 14.2 Å². The van der Waals surface area contributed by atoms with Gasteiger partial charge in [0.25, 0.3) is 0 Å². The Hall–Kier alpha value is -0.790. The van der Waals surface area contributed by atoms with E-state index in [0.29, 0.717) is 19.4 Å². The van der Waals surface area contributed by atoms with Gasteiger partial charge in [-0.25, -0.2) is 5.84 Å². The summed E-state index contributed by atoms with van der Waals surface area (Å²) in [4.78, 5) is 45.7. The molecule has 0 bridgehead atoms. The molecule has 30 heavy (non-hydrogen) atoms. The number of amides is 1. The highest BCUT2D eigenvalue weighted by Gasteiger charge is 2.37. The third-order valence-corrected chi connectivity index (χ3v) is 7.13. The molecule has 0 aromatic rings. The van der Waals surface area contributed by atoms with Crippen molar-refractivity contribution < 1.29 is 23.9 Å². The van der Waals surface area contributed by atoms with E-state index in [0.717, 1.165) is 44.9 Å². The first-order valence-corrected chi connectivity index (χ1v) is 13.2. The van der Waals surface area contributed by atoms with Crippen molar-refractivity contribution in [2.24, 2.45) is 17.7 Å². The van der Waals surface area contributed by atoms with E-state index in [4.69, 9.17) is 5.84 Å². The van der Waals surface area contributed by atoms with Crippen molar-refractivity contribution in [3.8, 4) is 0 Å². The topological polar surface area (TPSA) is 133 Å². The number of nitrogens with one attached hydrogen (secondary N) is 1. The Morgan fingerprint density at radius 1 is 1.13 bits per heavy atom. The number of Topliss-reactive ketones (excluding diaryl/α,β-unsaturated/α-hetero) is 1. The Morgan fingerprint density at radius 2 is 1.67 bits per heavy atom. The molecule has 9 heteroatoms. The zero-order valence-corrected chi connectivity index (χ0v) is 19.8. The Kier molecular flexibility index (Phi) is 12.3. The number of ketones is 1. The summed E-state index contributed by atoms with van der Waals surface area (Å²) < 4.78 is 11.8. The fourth-order valence-electron chi connectivity index (χ4n) is 4.05. The van der Waals surface area contributed by atoms with E-state index in [1.807, 2.05) is 13.8 Å². The van der Waals surface area contributed by atoms with Crippen LogP contribution in [0.3, 0.4) is 0 Å². The third kappa shape index (κ3) is 9.56. The average Bonchev–Trinajstić information content (AvgIpc) is 2.67. The summed E-state index contributed by atoms with van der Waals surface area (Å²) in [6.45, 7) is 5.98. The predicted molar refractivity (Wildman–Crippen MR) is 118 cm³/mol. The second kappa shape index (κ2) is 13.6. The number of hydrogen-bond acceptors (Lipinski definition) is 5. The summed E-state index contributed by atoms with van der Waals surface area (Å²) in [6.07, 6.45) is 9.14. The van der Waals surface area contributed by atoms with Crippen molar-refractivity contribution in [3.05, 3.63) is 0 Å². The molecule has 1 aliphatic heterocycles. The Morgan fingerprint density at radius 3 is 2.17 bits per heavy atom. The molecule has 5 N–H and O–H groups in total. The van der Waals surface area contributed by atoms with E-state index in [1.54, 1.807) is 6.92 Å². The third-order valence-electron chi connectivity index (χ3n) is 5.80. The largest absolute Gasteiger partial charge is 0.342 e. The minimum absolute atomic E-state index is 0.125. The Labute approximate surface area is 181 Å². The van der Waals surface area contributed by atoms with Crippen LogP contribution in [0.15, 0.2) is 0 Å². The summed E-state index contributed by atoms with van der Waals surface area (Å²) >= 11 is 0. The van der Waals surface area contributed by atoms with Crippen molar-refractivity contribution in [1.29, 1.82) is 0 Å². The van der Waals surface area contributed by atoms with Gasteiger partial charge in [0.2, 0.25) is 5.91 Å². The van der Waals surface area contributed by atoms with Gasteiger partial charge in [-0.1, -0.05) is 65.7 Å². The summed E-state index contributed by atoms with van der Waals surface area (Å²) in [7, 11) is -4.41. The number of hydrogen-bond donors (Lipinski definition) is 4. The number of nitrogens with two attached hydrogens (primary N) is 1. The Bertz CT molecular complexity index is 581. The second-order valence-electron chi connectivity index (χ2n) is 8.97. The molecule has 1 saturated heterocycles. The van der Waals surface area contributed by atoms with Gasteiger partial charge in [0.1, 0.15) is 5.78 Å². The van der Waals surface area contributed by atoms with E-state index in [9.17, 15) is 23.9 Å². The molecule has 2 unspecified atom stereocenters. The number of nitrogens with zero attached hydrogens (tertiary/aromatic N) is 1. The molecular weight excluding hydrogens is 405 g/mol. The lowest BCUT2D eigenvalue weighted by molar-refractivity contribution is -0.143. The van der Waals surface area contributed by atoms with Crippen LogP contribution in [0.4, 0.5) is 0 Å². The molecule has 0 aromatic carbocycles. The number of hydrazine groups is 1. The maximum atomic E-state index is 13.4. The molecule has 1 aliphatic rings. The first-order chi connectivity index (χ1) is 14.1. The first kappa shape index (κ1) is 27.2. The SMILES string of the molecule is CC[C@H](NC(CC(C)C)C(=O)C1CCCCCCCCCCN(N)C1=O)P(=O)(O)O. The molecule has 1 rings (SSSR count). The number of carbonyl (C=O) groups is 2. The standard InChI is InChI=1S/C21H42N3O5P/c1-4-19(30(27,28)29)23-18(15-16(2)3)20(25)17-13-11-9-7-5-6-8-10-12-14-24(22)21(17)26/h16-19,23H,4-15,22H2,1-3H3,(H2,27,28,29)/t17?,18?,19-/m1/s1. The number of rotatable bonds is 8. The van der Waals surface area contributed by atoms with Gasteiger partial charge in [-0.15, -0.1) is 0 Å². The van der Waals surface area contributed by atoms with Crippen molar-refractivity contribution >= 4 is 19.3 Å². The normalized spacial score (nSPS) is 22.7. The van der Waals surface area contributed by atoms with Gasteiger partial charge in [0.05, 0.1) is 12.0 Å². The van der Waals surface area contributed by atoms with Crippen LogP contribution >= 0.6 is 7.60 Å². The second-order valence-corrected chi connectivity index (χ2v) is 10.8. The summed E-state index contributed by atoms with van der Waals surface area (Å²) in [5.74, 6) is 3.48. The van der Waals surface area contributed by atoms with Gasteiger partial charge in [0, 0.05) is 6.54 Å². The molecule has 3 atom stereocenters. The van der Waals surface area contributed by atoms with Crippen LogP contribution in [0.5, 0.6) is 0 Å². The lowest BCUT2D eigenvalue weighted by atomic mass is 9.87. The first-order valence-electron chi connectivity index (χ1n) is 11.5. The van der Waals surface area contributed by atoms with Gasteiger partial charge in [-0.2, -0.15) is 0 Å². The van der Waals surface area contributed by atoms with Crippen molar-refractivity contribution in [1.82, 2.24) is 10.3 Å². The lowest BCUT2D eigenvalue weighted by Crippen LogP contribution is -2.51. The van der Waals surface area contributed by atoms with Crippen LogP contribution in [-0.4, -0.2) is 44.9 Å². The molecule has 0 aliphatic carbocycles. The van der Waals surface area contributed by atoms with Gasteiger partial charge in [0.15, 0.2) is 5.78 Å². The van der Waals surface area contributed by atoms with Crippen LogP contribution < -0.4 is 11.2 Å². The molecule has 1 heterocycles. The lowest BCUT2D eigenvalue weighted by Gasteiger charge is -2.30. The fraction of sp³-hybridized carbons (Fsp3) is 0.905. The summed E-state index contributed by atoms with van der Waals surface area (Å²) in [5.41, 5.74) is 0. The van der Waals surface area contributed by atoms with E-state index >= 15 is 0 Å². The smallest absolute Gasteiger partial charge is 0.323 e. The highest BCUT2D eigenvalue weighted by Crippen LogP contribution is 2.41. The number of carbonyl (C=O) groups excluding carboxylic acids is 2. The van der Waals surface area contributed by atoms with Gasteiger partial charge in [-0.05, 0) is 31.6 Å². The van der Waals surface area contributed by atoms with Crippen molar-refractivity contribution in [2.75, 3.05) is 6.54 Å². The molecule has 176 valence electrons. The van der Waals surface area contributed by atoms with Crippen LogP contribution in [0.2, 0.25) is 0 Å². The molecule has 0 saturated carbocycles. The van der Waals surface area contributed by atoms with Crippen LogP contribution in [0.25, 0.3) is 0 Å². The van der Waals surface area contributed by atoms with E-state index in [-0.39, 0.29) is 24.0 Å². The zero-order valence-electron chi connectivity index (χ0n) is 18.9. The molecule has 8 nitrogen and oxygen atoms in total. The Balaban J connectivity index is 3.05. The minimum atomic E-state index is -4.41. The summed E-state index contributed by atoms with van der Waals surface area (Å²) in [6, 6.07) is -0.791. The average molecular weight is 448 g/mol. The van der Waals surface area contributed by atoms with Crippen LogP contribution in [0, 0.1) is 11.8 Å². The highest BCUT2D eigenvalue weighted by molar-refractivity contribution is 7.52. The molecular formula is C21H42N3O5P. The van der Waals surface area contributed by atoms with E-state index in [1.165, 1.54) is 11.4 Å². The van der Waals surface area contributed by atoms with Crippen molar-refractivity contribution in [2.45, 2.75) is 103 Å². The molecule has 0 spiro atoms. The van der Waals surface area contributed by atoms with Crippen LogP contribution in [0.1, 0.15) is 91.4 Å². The summed E-state index contributed by atoms with van der Waals surface area (Å²) in [5, 5.41) is 4.05. The van der Waals surface area contributed by atoms with E-state index < -0.39 is 25.3 Å². The predicted octanol–water partition coefficient (Wildman–Crippen LogP) is 3.32. The maximum absolute atomic E-state index is 13.4. The van der Waals surface area contributed by atoms with Crippen molar-refractivity contribution in [3.63, 3.8) is 0 Å². The molecule has 0 aromatic heterocycles. The monoisotopic (exact) mass is 447 g/mol. The maximum Gasteiger partial charge on any atom is 0.342 e. The molecule has 0 radical (unpaired) electrons. The molecule has 1 fully saturated rings. The van der Waals surface area contributed by atoms with E-state index in [2.05, 4.69) is 5.32 Å². The van der Waals surface area contributed by atoms with Gasteiger partial charge in [-0.3, -0.25) is 24.5 Å².